The average molecular weight is 496 g/mol. The number of nitrogens with zero attached hydrogens (tertiary/aromatic N) is 4. The highest BCUT2D eigenvalue weighted by molar-refractivity contribution is 5.75. The molecule has 3 heterocycles. The van der Waals surface area contributed by atoms with E-state index in [0.717, 1.165) is 57.7 Å². The van der Waals surface area contributed by atoms with E-state index >= 15 is 0 Å². The van der Waals surface area contributed by atoms with Crippen molar-refractivity contribution in [3.8, 4) is 0 Å². The Kier molecular flexibility index (Phi) is 6.12. The van der Waals surface area contributed by atoms with Gasteiger partial charge in [-0.2, -0.15) is 0 Å². The molecule has 5 nitrogen and oxygen atoms in total. The van der Waals surface area contributed by atoms with Gasteiger partial charge in [0.25, 0.3) is 0 Å². The second-order valence-electron chi connectivity index (χ2n) is 12.7. The molecule has 0 radical (unpaired) electrons. The molecule has 2 N–H and O–H groups in total. The Hall–Kier alpha value is -2.76. The van der Waals surface area contributed by atoms with Gasteiger partial charge in [-0.05, 0) is 72.9 Å². The summed E-state index contributed by atoms with van der Waals surface area (Å²) < 4.78 is 0. The summed E-state index contributed by atoms with van der Waals surface area (Å²) in [6, 6.07) is 17.7. The summed E-state index contributed by atoms with van der Waals surface area (Å²) in [5.74, 6) is 1.63. The monoisotopic (exact) mass is 495 g/mol. The van der Waals surface area contributed by atoms with Crippen LogP contribution in [0.3, 0.4) is 0 Å². The maximum Gasteiger partial charge on any atom is 0.140 e. The van der Waals surface area contributed by atoms with E-state index in [1.165, 1.54) is 33.6 Å². The molecule has 0 saturated carbocycles. The zero-order valence-electron chi connectivity index (χ0n) is 22.9. The van der Waals surface area contributed by atoms with Crippen molar-refractivity contribution in [3.63, 3.8) is 0 Å². The van der Waals surface area contributed by atoms with Crippen LogP contribution in [0.15, 0.2) is 54.9 Å². The number of benzene rings is 2. The molecule has 2 atom stereocenters. The van der Waals surface area contributed by atoms with E-state index in [4.69, 9.17) is 10.7 Å². The highest BCUT2D eigenvalue weighted by Crippen LogP contribution is 2.54. The van der Waals surface area contributed by atoms with Crippen LogP contribution in [0.2, 0.25) is 0 Å². The van der Waals surface area contributed by atoms with Crippen LogP contribution in [0.5, 0.6) is 0 Å². The lowest BCUT2D eigenvalue weighted by atomic mass is 9.69. The normalized spacial score (nSPS) is 21.8. The Labute approximate surface area is 222 Å². The molecule has 3 aromatic rings. The zero-order chi connectivity index (χ0) is 25.8. The first kappa shape index (κ1) is 24.6. The van der Waals surface area contributed by atoms with Crippen molar-refractivity contribution in [2.45, 2.75) is 77.3 Å². The van der Waals surface area contributed by atoms with Crippen LogP contribution in [0.1, 0.15) is 86.9 Å². The topological polar surface area (TPSA) is 58.3 Å². The van der Waals surface area contributed by atoms with Gasteiger partial charge in [-0.25, -0.2) is 9.97 Å². The molecule has 194 valence electrons. The Morgan fingerprint density at radius 3 is 2.51 bits per heavy atom. The van der Waals surface area contributed by atoms with Crippen molar-refractivity contribution in [2.75, 3.05) is 24.5 Å². The van der Waals surface area contributed by atoms with Crippen molar-refractivity contribution in [3.05, 3.63) is 82.8 Å². The number of anilines is 2. The summed E-state index contributed by atoms with van der Waals surface area (Å²) >= 11 is 0. The highest BCUT2D eigenvalue weighted by atomic mass is 15.2. The molecule has 1 aliphatic carbocycles. The summed E-state index contributed by atoms with van der Waals surface area (Å²) in [6.07, 6.45) is 6.28. The SMILES string of the molecule is CC1CCc2ncnc(N3CC4(CCN(Cc5ccccc5)CC4)c4c([C@H](N)C(C)(C)C)cccc43)c21. The molecule has 1 fully saturated rings. The first-order chi connectivity index (χ1) is 17.8. The van der Waals surface area contributed by atoms with E-state index in [1.54, 1.807) is 6.33 Å². The number of fused-ring (bicyclic) bond motifs is 3. The lowest BCUT2D eigenvalue weighted by molar-refractivity contribution is 0.159. The van der Waals surface area contributed by atoms with Crippen LogP contribution in [-0.2, 0) is 18.4 Å². The maximum atomic E-state index is 7.01. The predicted octanol–water partition coefficient (Wildman–Crippen LogP) is 6.26. The van der Waals surface area contributed by atoms with Crippen LogP contribution >= 0.6 is 0 Å². The fourth-order valence-electron chi connectivity index (χ4n) is 6.97. The first-order valence-electron chi connectivity index (χ1n) is 14.0. The van der Waals surface area contributed by atoms with Crippen LogP contribution < -0.4 is 10.6 Å². The van der Waals surface area contributed by atoms with Gasteiger partial charge in [-0.1, -0.05) is 70.2 Å². The number of hydrogen-bond donors (Lipinski definition) is 1. The molecule has 1 saturated heterocycles. The fourth-order valence-corrected chi connectivity index (χ4v) is 6.97. The smallest absolute Gasteiger partial charge is 0.140 e. The Bertz CT molecular complexity index is 1270. The summed E-state index contributed by atoms with van der Waals surface area (Å²) in [5.41, 5.74) is 15.2. The Morgan fingerprint density at radius 2 is 1.78 bits per heavy atom. The van der Waals surface area contributed by atoms with Crippen LogP contribution in [0.25, 0.3) is 0 Å². The summed E-state index contributed by atoms with van der Waals surface area (Å²) in [7, 11) is 0. The van der Waals surface area contributed by atoms with E-state index in [9.17, 15) is 0 Å². The molecule has 37 heavy (non-hydrogen) atoms. The summed E-state index contributed by atoms with van der Waals surface area (Å²) in [4.78, 5) is 14.7. The van der Waals surface area contributed by atoms with Gasteiger partial charge in [0.05, 0.1) is 0 Å². The molecule has 1 aromatic heterocycles. The third kappa shape index (κ3) is 4.26. The fraction of sp³-hybridized carbons (Fsp3) is 0.500. The number of nitrogens with two attached hydrogens (primary N) is 1. The second kappa shape index (κ2) is 9.21. The number of rotatable bonds is 4. The van der Waals surface area contributed by atoms with E-state index in [-0.39, 0.29) is 16.9 Å². The van der Waals surface area contributed by atoms with E-state index in [0.29, 0.717) is 5.92 Å². The summed E-state index contributed by atoms with van der Waals surface area (Å²) in [6.45, 7) is 13.3. The molecule has 1 spiro atoms. The van der Waals surface area contributed by atoms with Gasteiger partial charge in [-0.3, -0.25) is 4.90 Å². The lowest BCUT2D eigenvalue weighted by Gasteiger charge is -2.42. The van der Waals surface area contributed by atoms with E-state index in [2.05, 4.69) is 91.0 Å². The van der Waals surface area contributed by atoms with E-state index < -0.39 is 0 Å². The van der Waals surface area contributed by atoms with E-state index in [1.807, 2.05) is 0 Å². The molecule has 1 unspecified atom stereocenters. The molecular formula is C32H41N5. The number of hydrogen-bond acceptors (Lipinski definition) is 5. The molecule has 2 aromatic carbocycles. The Morgan fingerprint density at radius 1 is 1.03 bits per heavy atom. The van der Waals surface area contributed by atoms with Gasteiger partial charge in [-0.15, -0.1) is 0 Å². The Balaban J connectivity index is 1.40. The maximum absolute atomic E-state index is 7.01. The van der Waals surface area contributed by atoms with Gasteiger partial charge in [0.1, 0.15) is 12.1 Å². The van der Waals surface area contributed by atoms with Crippen LogP contribution in [0, 0.1) is 5.41 Å². The third-order valence-corrected chi connectivity index (χ3v) is 9.19. The van der Waals surface area contributed by atoms with Crippen molar-refractivity contribution < 1.29 is 0 Å². The quantitative estimate of drug-likeness (QED) is 0.463. The molecule has 6 rings (SSSR count). The number of aryl methyl sites for hydroxylation is 1. The van der Waals surface area contributed by atoms with Crippen LogP contribution in [0.4, 0.5) is 11.5 Å². The second-order valence-corrected chi connectivity index (χ2v) is 12.7. The van der Waals surface area contributed by atoms with Gasteiger partial charge in [0.2, 0.25) is 0 Å². The molecule has 5 heteroatoms. The molecule has 3 aliphatic rings. The van der Waals surface area contributed by atoms with Crippen molar-refractivity contribution in [1.29, 1.82) is 0 Å². The number of piperidine rings is 1. The van der Waals surface area contributed by atoms with Crippen LogP contribution in [-0.4, -0.2) is 34.5 Å². The van der Waals surface area contributed by atoms with Gasteiger partial charge in [0.15, 0.2) is 0 Å². The minimum atomic E-state index is -0.0170. The van der Waals surface area contributed by atoms with Crippen molar-refractivity contribution in [2.24, 2.45) is 11.1 Å². The largest absolute Gasteiger partial charge is 0.325 e. The highest BCUT2D eigenvalue weighted by Gasteiger charge is 2.48. The van der Waals surface area contributed by atoms with Gasteiger partial charge in [0, 0.05) is 41.5 Å². The minimum Gasteiger partial charge on any atom is -0.325 e. The number of aromatic nitrogens is 2. The summed E-state index contributed by atoms with van der Waals surface area (Å²) in [5, 5.41) is 0. The average Bonchev–Trinajstić information content (AvgIpc) is 3.43. The number of likely N-dealkylation sites (tertiary alicyclic amines) is 1. The zero-order valence-corrected chi connectivity index (χ0v) is 22.9. The predicted molar refractivity (Wildman–Crippen MR) is 151 cm³/mol. The molecular weight excluding hydrogens is 454 g/mol. The standard InChI is InChI=1S/C32H41N5/c1-22-13-14-25-27(22)30(35-21-34-25)37-20-32(15-17-36(18-16-32)19-23-9-6-5-7-10-23)28-24(11-8-12-26(28)37)29(33)31(2,3)4/h5-12,21-22,29H,13-20,33H2,1-4H3/t22?,29-/m0/s1. The van der Waals surface area contributed by atoms with Crippen molar-refractivity contribution >= 4 is 11.5 Å². The molecule has 0 bridgehead atoms. The van der Waals surface area contributed by atoms with Crippen molar-refractivity contribution in [1.82, 2.24) is 14.9 Å². The first-order valence-corrected chi connectivity index (χ1v) is 14.0. The molecule has 2 aliphatic heterocycles. The molecule has 0 amide bonds. The van der Waals surface area contributed by atoms with Gasteiger partial charge >= 0.3 is 0 Å². The third-order valence-electron chi connectivity index (χ3n) is 9.19. The van der Waals surface area contributed by atoms with Gasteiger partial charge < -0.3 is 10.6 Å². The lowest BCUT2D eigenvalue weighted by Crippen LogP contribution is -2.45. The minimum absolute atomic E-state index is 0.0115.